The Labute approximate surface area is 111 Å². The molecule has 1 fully saturated rings. The molecule has 1 aromatic carbocycles. The van der Waals surface area contributed by atoms with Crippen LogP contribution < -0.4 is 10.6 Å². The van der Waals surface area contributed by atoms with Crippen LogP contribution in [0.3, 0.4) is 0 Å². The van der Waals surface area contributed by atoms with Gasteiger partial charge in [-0.25, -0.2) is 0 Å². The minimum absolute atomic E-state index is 0.247. The fourth-order valence-electron chi connectivity index (χ4n) is 1.98. The van der Waals surface area contributed by atoms with Gasteiger partial charge in [-0.05, 0) is 17.7 Å². The average Bonchev–Trinajstić information content (AvgIpc) is 2.68. The lowest BCUT2D eigenvalue weighted by Gasteiger charge is -2.14. The van der Waals surface area contributed by atoms with E-state index in [9.17, 15) is 5.11 Å². The molecule has 0 aliphatic carbocycles. The maximum absolute atomic E-state index is 9.63. The van der Waals surface area contributed by atoms with Crippen molar-refractivity contribution in [2.75, 3.05) is 19.6 Å². The fraction of sp³-hybridized carbons (Fsp3) is 0.500. The molecule has 2 atom stereocenters. The van der Waals surface area contributed by atoms with E-state index in [1.54, 1.807) is 6.07 Å². The van der Waals surface area contributed by atoms with Gasteiger partial charge in [-0.1, -0.05) is 29.3 Å². The lowest BCUT2D eigenvalue weighted by Crippen LogP contribution is -2.30. The van der Waals surface area contributed by atoms with Crippen LogP contribution in [-0.2, 0) is 6.54 Å². The minimum atomic E-state index is -0.247. The standard InChI is InChI=1S/C12H16Cl2N2O/c13-10-2-1-8(11(14)3-10)4-15-5-9-6-16-7-12(9)17/h1-3,9,12,15-17H,4-7H2. The van der Waals surface area contributed by atoms with Crippen LogP contribution in [0.5, 0.6) is 0 Å². The highest BCUT2D eigenvalue weighted by molar-refractivity contribution is 6.35. The van der Waals surface area contributed by atoms with Crippen molar-refractivity contribution >= 4 is 23.2 Å². The Morgan fingerprint density at radius 2 is 2.18 bits per heavy atom. The van der Waals surface area contributed by atoms with Crippen LogP contribution in [0.4, 0.5) is 0 Å². The summed E-state index contributed by atoms with van der Waals surface area (Å²) < 4.78 is 0. The highest BCUT2D eigenvalue weighted by Crippen LogP contribution is 2.20. The molecule has 2 unspecified atom stereocenters. The highest BCUT2D eigenvalue weighted by Gasteiger charge is 2.24. The number of benzene rings is 1. The SMILES string of the molecule is OC1CNCC1CNCc1ccc(Cl)cc1Cl. The van der Waals surface area contributed by atoms with E-state index >= 15 is 0 Å². The van der Waals surface area contributed by atoms with E-state index in [1.807, 2.05) is 12.1 Å². The zero-order chi connectivity index (χ0) is 12.3. The monoisotopic (exact) mass is 274 g/mol. The molecular formula is C12H16Cl2N2O. The molecule has 17 heavy (non-hydrogen) atoms. The number of aliphatic hydroxyl groups excluding tert-OH is 1. The van der Waals surface area contributed by atoms with Crippen LogP contribution in [-0.4, -0.2) is 30.8 Å². The van der Waals surface area contributed by atoms with Crippen LogP contribution in [0, 0.1) is 5.92 Å². The largest absolute Gasteiger partial charge is 0.391 e. The third kappa shape index (κ3) is 3.57. The molecular weight excluding hydrogens is 259 g/mol. The first-order chi connectivity index (χ1) is 8.16. The summed E-state index contributed by atoms with van der Waals surface area (Å²) in [5, 5.41) is 17.4. The maximum Gasteiger partial charge on any atom is 0.0716 e. The van der Waals surface area contributed by atoms with Crippen LogP contribution >= 0.6 is 23.2 Å². The number of β-amino-alcohol motifs (C(OH)–C–C–N with tert-alkyl or cyclic N) is 1. The molecule has 3 nitrogen and oxygen atoms in total. The molecule has 1 aromatic rings. The number of nitrogens with one attached hydrogen (secondary N) is 2. The van der Waals surface area contributed by atoms with Crippen molar-refractivity contribution in [3.05, 3.63) is 33.8 Å². The first-order valence-corrected chi connectivity index (χ1v) is 6.46. The van der Waals surface area contributed by atoms with Gasteiger partial charge in [0.2, 0.25) is 0 Å². The van der Waals surface area contributed by atoms with Crippen molar-refractivity contribution in [3.63, 3.8) is 0 Å². The Hall–Kier alpha value is -0.320. The quantitative estimate of drug-likeness (QED) is 0.783. The average molecular weight is 275 g/mol. The predicted octanol–water partition coefficient (Wildman–Crippen LogP) is 1.66. The van der Waals surface area contributed by atoms with E-state index in [0.717, 1.165) is 18.7 Å². The summed E-state index contributed by atoms with van der Waals surface area (Å²) >= 11 is 11.9. The molecule has 0 amide bonds. The van der Waals surface area contributed by atoms with Crippen LogP contribution in [0.25, 0.3) is 0 Å². The third-order valence-corrected chi connectivity index (χ3v) is 3.63. The van der Waals surface area contributed by atoms with Crippen LogP contribution in [0.1, 0.15) is 5.56 Å². The Morgan fingerprint density at radius 3 is 2.82 bits per heavy atom. The number of hydrogen-bond acceptors (Lipinski definition) is 3. The first-order valence-electron chi connectivity index (χ1n) is 5.70. The van der Waals surface area contributed by atoms with Gasteiger partial charge < -0.3 is 15.7 Å². The van der Waals surface area contributed by atoms with E-state index in [-0.39, 0.29) is 12.0 Å². The van der Waals surface area contributed by atoms with Crippen LogP contribution in [0.15, 0.2) is 18.2 Å². The Balaban J connectivity index is 1.81. The first kappa shape index (κ1) is 13.1. The third-order valence-electron chi connectivity index (χ3n) is 3.04. The van der Waals surface area contributed by atoms with Crippen molar-refractivity contribution in [1.29, 1.82) is 0 Å². The number of halogens is 2. The molecule has 0 bridgehead atoms. The molecule has 0 spiro atoms. The molecule has 0 aromatic heterocycles. The fourth-order valence-corrected chi connectivity index (χ4v) is 2.46. The van der Waals surface area contributed by atoms with Gasteiger partial charge in [-0.2, -0.15) is 0 Å². The van der Waals surface area contributed by atoms with Crippen molar-refractivity contribution in [3.8, 4) is 0 Å². The zero-order valence-corrected chi connectivity index (χ0v) is 10.9. The second-order valence-electron chi connectivity index (χ2n) is 4.35. The topological polar surface area (TPSA) is 44.3 Å². The van der Waals surface area contributed by atoms with E-state index in [0.29, 0.717) is 23.1 Å². The summed E-state index contributed by atoms with van der Waals surface area (Å²) in [7, 11) is 0. The van der Waals surface area contributed by atoms with Crippen molar-refractivity contribution < 1.29 is 5.11 Å². The molecule has 0 radical (unpaired) electrons. The van der Waals surface area contributed by atoms with E-state index < -0.39 is 0 Å². The van der Waals surface area contributed by atoms with E-state index in [4.69, 9.17) is 23.2 Å². The zero-order valence-electron chi connectivity index (χ0n) is 9.42. The van der Waals surface area contributed by atoms with Gasteiger partial charge >= 0.3 is 0 Å². The number of aliphatic hydroxyl groups is 1. The molecule has 94 valence electrons. The smallest absolute Gasteiger partial charge is 0.0716 e. The summed E-state index contributed by atoms with van der Waals surface area (Å²) in [4.78, 5) is 0. The number of rotatable bonds is 4. The highest BCUT2D eigenvalue weighted by atomic mass is 35.5. The number of hydrogen-bond donors (Lipinski definition) is 3. The minimum Gasteiger partial charge on any atom is -0.391 e. The predicted molar refractivity (Wildman–Crippen MR) is 70.5 cm³/mol. The molecule has 1 heterocycles. The summed E-state index contributed by atoms with van der Waals surface area (Å²) in [6.45, 7) is 3.03. The molecule has 1 aliphatic rings. The van der Waals surface area contributed by atoms with Gasteiger partial charge in [-0.15, -0.1) is 0 Å². The van der Waals surface area contributed by atoms with Gasteiger partial charge in [0.25, 0.3) is 0 Å². The van der Waals surface area contributed by atoms with Gasteiger partial charge in [0.15, 0.2) is 0 Å². The lowest BCUT2D eigenvalue weighted by atomic mass is 10.1. The van der Waals surface area contributed by atoms with Crippen molar-refractivity contribution in [2.45, 2.75) is 12.6 Å². The second kappa shape index (κ2) is 6.03. The van der Waals surface area contributed by atoms with Gasteiger partial charge in [-0.3, -0.25) is 0 Å². The molecule has 1 saturated heterocycles. The second-order valence-corrected chi connectivity index (χ2v) is 5.20. The molecule has 5 heteroatoms. The maximum atomic E-state index is 9.63. The summed E-state index contributed by atoms with van der Waals surface area (Å²) in [6.07, 6.45) is -0.247. The Kier molecular flexibility index (Phi) is 4.65. The van der Waals surface area contributed by atoms with Gasteiger partial charge in [0, 0.05) is 42.1 Å². The molecule has 2 rings (SSSR count). The van der Waals surface area contributed by atoms with Gasteiger partial charge in [0.1, 0.15) is 0 Å². The normalized spacial score (nSPS) is 24.2. The lowest BCUT2D eigenvalue weighted by molar-refractivity contribution is 0.146. The summed E-state index contributed by atoms with van der Waals surface area (Å²) in [5.41, 5.74) is 1.02. The molecule has 1 aliphatic heterocycles. The summed E-state index contributed by atoms with van der Waals surface area (Å²) in [6, 6.07) is 5.49. The van der Waals surface area contributed by atoms with Gasteiger partial charge in [0.05, 0.1) is 6.10 Å². The van der Waals surface area contributed by atoms with Crippen LogP contribution in [0.2, 0.25) is 10.0 Å². The Morgan fingerprint density at radius 1 is 1.35 bits per heavy atom. The summed E-state index contributed by atoms with van der Waals surface area (Å²) in [5.74, 6) is 0.279. The molecule has 0 saturated carbocycles. The van der Waals surface area contributed by atoms with Crippen molar-refractivity contribution in [2.24, 2.45) is 5.92 Å². The molecule has 3 N–H and O–H groups in total. The Bertz CT molecular complexity index is 387. The van der Waals surface area contributed by atoms with Crippen molar-refractivity contribution in [1.82, 2.24) is 10.6 Å². The van der Waals surface area contributed by atoms with E-state index in [1.165, 1.54) is 0 Å². The van der Waals surface area contributed by atoms with E-state index in [2.05, 4.69) is 10.6 Å².